The molecule has 1 heterocycles. The lowest BCUT2D eigenvalue weighted by atomic mass is 10.2. The second-order valence-electron chi connectivity index (χ2n) is 5.31. The molecule has 0 saturated carbocycles. The van der Waals surface area contributed by atoms with Crippen molar-refractivity contribution >= 4 is 26.4 Å². The molecule has 2 aromatic carbocycles. The lowest BCUT2D eigenvalue weighted by Crippen LogP contribution is -2.25. The van der Waals surface area contributed by atoms with Crippen molar-refractivity contribution in [3.8, 4) is 0 Å². The monoisotopic (exact) mass is 315 g/mol. The third-order valence-electron chi connectivity index (χ3n) is 3.43. The molecule has 1 unspecified atom stereocenters. The van der Waals surface area contributed by atoms with Crippen LogP contribution in [-0.4, -0.2) is 30.4 Å². The van der Waals surface area contributed by atoms with E-state index in [4.69, 9.17) is 0 Å². The fraction of sp³-hybridized carbons (Fsp3) is 0.188. The van der Waals surface area contributed by atoms with E-state index >= 15 is 0 Å². The van der Waals surface area contributed by atoms with E-state index in [9.17, 15) is 8.42 Å². The third-order valence-corrected chi connectivity index (χ3v) is 5.35. The minimum atomic E-state index is -3.29. The number of hydrogen-bond acceptors (Lipinski definition) is 4. The Balaban J connectivity index is 1.73. The number of nitrogens with zero attached hydrogens (tertiary/aromatic N) is 1. The molecular formula is C16H17N3O2S. The number of benzene rings is 2. The number of anilines is 1. The van der Waals surface area contributed by atoms with Crippen molar-refractivity contribution in [1.82, 2.24) is 10.2 Å². The molecule has 2 N–H and O–H groups in total. The van der Waals surface area contributed by atoms with Gasteiger partial charge in [-0.1, -0.05) is 18.2 Å². The van der Waals surface area contributed by atoms with E-state index in [0.29, 0.717) is 4.90 Å². The van der Waals surface area contributed by atoms with E-state index in [-0.39, 0.29) is 11.8 Å². The molecule has 0 aliphatic rings. The Morgan fingerprint density at radius 2 is 1.95 bits per heavy atom. The Bertz CT molecular complexity index is 873. The van der Waals surface area contributed by atoms with Gasteiger partial charge in [0.05, 0.1) is 22.4 Å². The van der Waals surface area contributed by atoms with E-state index in [1.807, 2.05) is 25.1 Å². The lowest BCUT2D eigenvalue weighted by Gasteiger charge is -2.15. The van der Waals surface area contributed by atoms with E-state index < -0.39 is 9.84 Å². The van der Waals surface area contributed by atoms with Gasteiger partial charge < -0.3 is 5.32 Å². The molecule has 3 rings (SSSR count). The fourth-order valence-corrected chi connectivity index (χ4v) is 3.92. The predicted molar refractivity (Wildman–Crippen MR) is 87.7 cm³/mol. The molecule has 1 aromatic heterocycles. The maximum absolute atomic E-state index is 12.3. The summed E-state index contributed by atoms with van der Waals surface area (Å²) in [4.78, 5) is 0.355. The molecule has 0 aliphatic heterocycles. The first-order valence-electron chi connectivity index (χ1n) is 7.02. The van der Waals surface area contributed by atoms with E-state index in [1.54, 1.807) is 36.5 Å². The summed E-state index contributed by atoms with van der Waals surface area (Å²) in [6.45, 7) is 1.86. The van der Waals surface area contributed by atoms with Gasteiger partial charge in [0.25, 0.3) is 0 Å². The van der Waals surface area contributed by atoms with Gasteiger partial charge in [0.1, 0.15) is 0 Å². The van der Waals surface area contributed by atoms with Gasteiger partial charge >= 0.3 is 0 Å². The van der Waals surface area contributed by atoms with Gasteiger partial charge in [0.15, 0.2) is 9.84 Å². The first-order valence-corrected chi connectivity index (χ1v) is 8.67. The molecule has 0 bridgehead atoms. The van der Waals surface area contributed by atoms with Crippen molar-refractivity contribution in [2.75, 3.05) is 11.1 Å². The highest BCUT2D eigenvalue weighted by atomic mass is 32.2. The first kappa shape index (κ1) is 14.6. The largest absolute Gasteiger partial charge is 0.382 e. The SMILES string of the molecule is CC(CS(=O)(=O)c1ccccc1)Nc1ccc2[nH]ncc2c1. The number of aromatic amines is 1. The predicted octanol–water partition coefficient (Wildman–Crippen LogP) is 2.84. The van der Waals surface area contributed by atoms with Crippen LogP contribution in [0.4, 0.5) is 5.69 Å². The second-order valence-corrected chi connectivity index (χ2v) is 7.35. The van der Waals surface area contributed by atoms with Crippen molar-refractivity contribution in [2.45, 2.75) is 17.9 Å². The van der Waals surface area contributed by atoms with Gasteiger partial charge in [0.2, 0.25) is 0 Å². The van der Waals surface area contributed by atoms with Crippen molar-refractivity contribution in [2.24, 2.45) is 0 Å². The van der Waals surface area contributed by atoms with Crippen LogP contribution in [0.1, 0.15) is 6.92 Å². The highest BCUT2D eigenvalue weighted by Gasteiger charge is 2.18. The smallest absolute Gasteiger partial charge is 0.180 e. The molecule has 0 fully saturated rings. The Hall–Kier alpha value is -2.34. The Labute approximate surface area is 129 Å². The van der Waals surface area contributed by atoms with Crippen LogP contribution in [0.5, 0.6) is 0 Å². The minimum absolute atomic E-state index is 0.0421. The summed E-state index contributed by atoms with van der Waals surface area (Å²) in [6, 6.07) is 14.1. The molecule has 22 heavy (non-hydrogen) atoms. The Morgan fingerprint density at radius 3 is 2.73 bits per heavy atom. The highest BCUT2D eigenvalue weighted by molar-refractivity contribution is 7.91. The zero-order chi connectivity index (χ0) is 15.6. The average Bonchev–Trinajstić information content (AvgIpc) is 2.95. The van der Waals surface area contributed by atoms with Crippen LogP contribution in [0.25, 0.3) is 10.9 Å². The zero-order valence-electron chi connectivity index (χ0n) is 12.2. The molecular weight excluding hydrogens is 298 g/mol. The number of fused-ring (bicyclic) bond motifs is 1. The van der Waals surface area contributed by atoms with Crippen molar-refractivity contribution in [3.05, 3.63) is 54.7 Å². The number of H-pyrrole nitrogens is 1. The van der Waals surface area contributed by atoms with Gasteiger partial charge in [-0.3, -0.25) is 5.10 Å². The van der Waals surface area contributed by atoms with Crippen molar-refractivity contribution in [3.63, 3.8) is 0 Å². The van der Waals surface area contributed by atoms with Gasteiger partial charge in [0, 0.05) is 17.1 Å². The second kappa shape index (κ2) is 5.81. The third kappa shape index (κ3) is 3.12. The maximum atomic E-state index is 12.3. The molecule has 0 aliphatic carbocycles. The number of sulfone groups is 1. The minimum Gasteiger partial charge on any atom is -0.382 e. The normalized spacial score (nSPS) is 13.1. The number of hydrogen-bond donors (Lipinski definition) is 2. The molecule has 1 atom stereocenters. The molecule has 3 aromatic rings. The summed E-state index contributed by atoms with van der Waals surface area (Å²) in [5, 5.41) is 11.1. The van der Waals surface area contributed by atoms with Crippen LogP contribution in [0, 0.1) is 0 Å². The van der Waals surface area contributed by atoms with Gasteiger partial charge in [-0.25, -0.2) is 8.42 Å². The summed E-state index contributed by atoms with van der Waals surface area (Å²) in [7, 11) is -3.29. The zero-order valence-corrected chi connectivity index (χ0v) is 13.0. The van der Waals surface area contributed by atoms with Crippen LogP contribution in [0.3, 0.4) is 0 Å². The van der Waals surface area contributed by atoms with E-state index in [2.05, 4.69) is 15.5 Å². The van der Waals surface area contributed by atoms with Crippen LogP contribution < -0.4 is 5.32 Å². The topological polar surface area (TPSA) is 74.8 Å². The van der Waals surface area contributed by atoms with E-state index in [1.165, 1.54) is 0 Å². The van der Waals surface area contributed by atoms with Crippen LogP contribution in [0.2, 0.25) is 0 Å². The maximum Gasteiger partial charge on any atom is 0.180 e. The summed E-state index contributed by atoms with van der Waals surface area (Å²) in [6.07, 6.45) is 1.74. The first-order chi connectivity index (χ1) is 10.5. The summed E-state index contributed by atoms with van der Waals surface area (Å²) in [5.74, 6) is 0.0421. The lowest BCUT2D eigenvalue weighted by molar-refractivity contribution is 0.592. The molecule has 114 valence electrons. The molecule has 0 spiro atoms. The van der Waals surface area contributed by atoms with Crippen LogP contribution >= 0.6 is 0 Å². The Morgan fingerprint density at radius 1 is 1.18 bits per heavy atom. The number of rotatable bonds is 5. The highest BCUT2D eigenvalue weighted by Crippen LogP contribution is 2.18. The molecule has 0 radical (unpaired) electrons. The van der Waals surface area contributed by atoms with E-state index in [0.717, 1.165) is 16.6 Å². The van der Waals surface area contributed by atoms with Crippen LogP contribution in [0.15, 0.2) is 59.6 Å². The standard InChI is InChI=1S/C16H17N3O2S/c1-12(11-22(20,21)15-5-3-2-4-6-15)18-14-7-8-16-13(9-14)10-17-19-16/h2-10,12,18H,11H2,1H3,(H,17,19). The molecule has 0 saturated heterocycles. The summed E-state index contributed by atoms with van der Waals surface area (Å²) in [5.41, 5.74) is 1.83. The average molecular weight is 315 g/mol. The van der Waals surface area contributed by atoms with Gasteiger partial charge in [-0.15, -0.1) is 0 Å². The summed E-state index contributed by atoms with van der Waals surface area (Å²) >= 11 is 0. The fourth-order valence-electron chi connectivity index (χ4n) is 2.41. The van der Waals surface area contributed by atoms with Crippen LogP contribution in [-0.2, 0) is 9.84 Å². The number of aromatic nitrogens is 2. The Kier molecular flexibility index (Phi) is 3.85. The van der Waals surface area contributed by atoms with Gasteiger partial charge in [-0.05, 0) is 37.3 Å². The number of nitrogens with one attached hydrogen (secondary N) is 2. The quantitative estimate of drug-likeness (QED) is 0.759. The molecule has 0 amide bonds. The van der Waals surface area contributed by atoms with Gasteiger partial charge in [-0.2, -0.15) is 5.10 Å². The molecule has 5 nitrogen and oxygen atoms in total. The molecule has 6 heteroatoms. The van der Waals surface area contributed by atoms with Crippen molar-refractivity contribution < 1.29 is 8.42 Å². The summed E-state index contributed by atoms with van der Waals surface area (Å²) < 4.78 is 24.7. The van der Waals surface area contributed by atoms with Crippen molar-refractivity contribution in [1.29, 1.82) is 0 Å².